The lowest BCUT2D eigenvalue weighted by Crippen LogP contribution is -2.06. The molecule has 2 rings (SSSR count). The van der Waals surface area contributed by atoms with E-state index in [2.05, 4.69) is 10.3 Å². The first kappa shape index (κ1) is 15.0. The van der Waals surface area contributed by atoms with Crippen LogP contribution in [0.15, 0.2) is 57.4 Å². The Morgan fingerprint density at radius 2 is 1.90 bits per heavy atom. The van der Waals surface area contributed by atoms with Crippen LogP contribution in [-0.2, 0) is 16.4 Å². The topological polar surface area (TPSA) is 59.1 Å². The number of rotatable bonds is 5. The van der Waals surface area contributed by atoms with Crippen molar-refractivity contribution in [1.29, 1.82) is 0 Å². The van der Waals surface area contributed by atoms with E-state index in [0.717, 1.165) is 22.0 Å². The lowest BCUT2D eigenvalue weighted by molar-refractivity contribution is 0.602. The molecule has 0 radical (unpaired) electrons. The predicted octanol–water partition coefficient (Wildman–Crippen LogP) is 2.36. The first-order valence-electron chi connectivity index (χ1n) is 6.07. The van der Waals surface area contributed by atoms with Crippen LogP contribution in [0.5, 0.6) is 0 Å². The van der Waals surface area contributed by atoms with Crippen molar-refractivity contribution in [2.24, 2.45) is 0 Å². The van der Waals surface area contributed by atoms with Gasteiger partial charge in [0.25, 0.3) is 0 Å². The predicted molar refractivity (Wildman–Crippen MR) is 80.7 cm³/mol. The van der Waals surface area contributed by atoms with Crippen molar-refractivity contribution < 1.29 is 8.42 Å². The second-order valence-electron chi connectivity index (χ2n) is 4.34. The third-order valence-corrected chi connectivity index (χ3v) is 4.88. The highest BCUT2D eigenvalue weighted by Gasteiger charge is 2.08. The van der Waals surface area contributed by atoms with Gasteiger partial charge in [0, 0.05) is 23.9 Å². The van der Waals surface area contributed by atoms with Crippen LogP contribution >= 0.6 is 11.8 Å². The summed E-state index contributed by atoms with van der Waals surface area (Å²) in [7, 11) is -1.25. The minimum atomic E-state index is -3.14. The summed E-state index contributed by atoms with van der Waals surface area (Å²) in [4.78, 5) is 5.67. The van der Waals surface area contributed by atoms with E-state index in [9.17, 15) is 8.42 Å². The summed E-state index contributed by atoms with van der Waals surface area (Å²) in [5.41, 5.74) is 1.12. The zero-order chi connectivity index (χ0) is 14.6. The molecule has 1 aromatic carbocycles. The van der Waals surface area contributed by atoms with Gasteiger partial charge in [0.05, 0.1) is 4.90 Å². The van der Waals surface area contributed by atoms with E-state index in [0.29, 0.717) is 4.90 Å². The van der Waals surface area contributed by atoms with E-state index >= 15 is 0 Å². The lowest BCUT2D eigenvalue weighted by Gasteiger charge is -2.07. The van der Waals surface area contributed by atoms with Crippen LogP contribution < -0.4 is 5.32 Å². The molecule has 0 unspecified atom stereocenters. The normalized spacial score (nSPS) is 11.5. The summed E-state index contributed by atoms with van der Waals surface area (Å²) >= 11 is 1.53. The molecule has 0 saturated heterocycles. The molecule has 0 aliphatic carbocycles. The van der Waals surface area contributed by atoms with E-state index in [-0.39, 0.29) is 0 Å². The number of hydrogen-bond acceptors (Lipinski definition) is 5. The van der Waals surface area contributed by atoms with Gasteiger partial charge in [-0.2, -0.15) is 0 Å². The summed E-state index contributed by atoms with van der Waals surface area (Å²) in [5, 5.41) is 4.03. The van der Waals surface area contributed by atoms with Crippen LogP contribution in [0.2, 0.25) is 0 Å². The highest BCUT2D eigenvalue weighted by Crippen LogP contribution is 2.29. The quantitative estimate of drug-likeness (QED) is 0.919. The van der Waals surface area contributed by atoms with Crippen molar-refractivity contribution in [3.8, 4) is 0 Å². The van der Waals surface area contributed by atoms with Gasteiger partial charge in [-0.05, 0) is 42.9 Å². The van der Waals surface area contributed by atoms with E-state index < -0.39 is 9.84 Å². The molecule has 0 aliphatic rings. The molecule has 0 atom stereocenters. The summed E-state index contributed by atoms with van der Waals surface area (Å²) in [5.74, 6) is 0. The molecule has 0 amide bonds. The number of nitrogens with one attached hydrogen (secondary N) is 1. The Hall–Kier alpha value is -1.37. The molecule has 0 aliphatic heterocycles. The van der Waals surface area contributed by atoms with Gasteiger partial charge in [0.15, 0.2) is 9.84 Å². The first-order chi connectivity index (χ1) is 9.50. The molecule has 1 heterocycles. The highest BCUT2D eigenvalue weighted by atomic mass is 32.2. The Morgan fingerprint density at radius 3 is 2.50 bits per heavy atom. The molecule has 0 bridgehead atoms. The minimum Gasteiger partial charge on any atom is -0.316 e. The Labute approximate surface area is 123 Å². The second kappa shape index (κ2) is 6.39. The van der Waals surface area contributed by atoms with Crippen molar-refractivity contribution in [3.05, 3.63) is 48.2 Å². The molecule has 6 heteroatoms. The maximum atomic E-state index is 11.4. The molecule has 0 spiro atoms. The lowest BCUT2D eigenvalue weighted by atomic mass is 10.3. The van der Waals surface area contributed by atoms with Crippen molar-refractivity contribution in [3.63, 3.8) is 0 Å². The Kier molecular flexibility index (Phi) is 4.80. The first-order valence-corrected chi connectivity index (χ1v) is 8.78. The van der Waals surface area contributed by atoms with Gasteiger partial charge in [-0.15, -0.1) is 0 Å². The van der Waals surface area contributed by atoms with Gasteiger partial charge in [-0.25, -0.2) is 13.4 Å². The Balaban J connectivity index is 2.22. The van der Waals surface area contributed by atoms with E-state index in [1.807, 2.05) is 19.2 Å². The van der Waals surface area contributed by atoms with Gasteiger partial charge < -0.3 is 5.32 Å². The summed E-state index contributed by atoms with van der Waals surface area (Å²) in [6, 6.07) is 10.8. The molecule has 0 saturated carbocycles. The number of nitrogens with zero attached hydrogens (tertiary/aromatic N) is 1. The van der Waals surface area contributed by atoms with Gasteiger partial charge in [-0.3, -0.25) is 0 Å². The largest absolute Gasteiger partial charge is 0.316 e. The zero-order valence-electron chi connectivity index (χ0n) is 11.3. The second-order valence-corrected chi connectivity index (χ2v) is 7.42. The van der Waals surface area contributed by atoms with E-state index in [1.54, 1.807) is 30.5 Å². The molecule has 1 N–H and O–H groups in total. The molecule has 106 valence electrons. The summed E-state index contributed by atoms with van der Waals surface area (Å²) < 4.78 is 22.8. The maximum Gasteiger partial charge on any atom is 0.175 e. The minimum absolute atomic E-state index is 0.332. The van der Waals surface area contributed by atoms with Gasteiger partial charge in [0.2, 0.25) is 0 Å². The Morgan fingerprint density at radius 1 is 1.20 bits per heavy atom. The van der Waals surface area contributed by atoms with Crippen LogP contribution in [0.3, 0.4) is 0 Å². The maximum absolute atomic E-state index is 11.4. The standard InChI is InChI=1S/C14H16N2O2S2/c1-15-10-11-4-3-9-16-14(11)19-12-5-7-13(8-6-12)20(2,17)18/h3-9,15H,10H2,1-2H3. The number of aromatic nitrogens is 1. The molecular weight excluding hydrogens is 292 g/mol. The molecule has 0 fully saturated rings. The van der Waals surface area contributed by atoms with Gasteiger partial charge >= 0.3 is 0 Å². The number of hydrogen-bond donors (Lipinski definition) is 1. The number of pyridine rings is 1. The van der Waals surface area contributed by atoms with Crippen molar-refractivity contribution in [1.82, 2.24) is 10.3 Å². The smallest absolute Gasteiger partial charge is 0.175 e. The number of benzene rings is 1. The fraction of sp³-hybridized carbons (Fsp3) is 0.214. The molecule has 20 heavy (non-hydrogen) atoms. The van der Waals surface area contributed by atoms with Crippen LogP contribution in [-0.4, -0.2) is 26.7 Å². The third kappa shape index (κ3) is 3.82. The SMILES string of the molecule is CNCc1cccnc1Sc1ccc(S(C)(=O)=O)cc1. The molecule has 2 aromatic rings. The van der Waals surface area contributed by atoms with E-state index in [4.69, 9.17) is 0 Å². The monoisotopic (exact) mass is 308 g/mol. The fourth-order valence-electron chi connectivity index (χ4n) is 1.71. The van der Waals surface area contributed by atoms with Crippen LogP contribution in [0.1, 0.15) is 5.56 Å². The van der Waals surface area contributed by atoms with E-state index in [1.165, 1.54) is 18.0 Å². The average molecular weight is 308 g/mol. The fourth-order valence-corrected chi connectivity index (χ4v) is 3.22. The van der Waals surface area contributed by atoms with Crippen molar-refractivity contribution in [2.45, 2.75) is 21.4 Å². The number of sulfone groups is 1. The third-order valence-electron chi connectivity index (χ3n) is 2.68. The van der Waals surface area contributed by atoms with Crippen LogP contribution in [0.4, 0.5) is 0 Å². The summed E-state index contributed by atoms with van der Waals surface area (Å²) in [6.07, 6.45) is 2.96. The van der Waals surface area contributed by atoms with Crippen molar-refractivity contribution >= 4 is 21.6 Å². The molecular formula is C14H16N2O2S2. The zero-order valence-corrected chi connectivity index (χ0v) is 13.0. The Bertz CT molecular complexity index is 683. The van der Waals surface area contributed by atoms with Crippen LogP contribution in [0, 0.1) is 0 Å². The van der Waals surface area contributed by atoms with Gasteiger partial charge in [0.1, 0.15) is 5.03 Å². The van der Waals surface area contributed by atoms with Crippen LogP contribution in [0.25, 0.3) is 0 Å². The summed E-state index contributed by atoms with van der Waals surface area (Å²) in [6.45, 7) is 0.748. The molecule has 4 nitrogen and oxygen atoms in total. The average Bonchev–Trinajstić information content (AvgIpc) is 2.41. The van der Waals surface area contributed by atoms with Crippen molar-refractivity contribution in [2.75, 3.05) is 13.3 Å². The molecule has 1 aromatic heterocycles. The highest BCUT2D eigenvalue weighted by molar-refractivity contribution is 7.99. The van der Waals surface area contributed by atoms with Gasteiger partial charge in [-0.1, -0.05) is 17.8 Å².